The molecule has 2 N–H and O–H groups in total. The van der Waals surface area contributed by atoms with Gasteiger partial charge < -0.3 is 10.1 Å². The van der Waals surface area contributed by atoms with Crippen molar-refractivity contribution in [2.75, 3.05) is 18.5 Å². The first kappa shape index (κ1) is 17.6. The maximum atomic E-state index is 12.8. The molecule has 0 aliphatic carbocycles. The van der Waals surface area contributed by atoms with Gasteiger partial charge in [-0.1, -0.05) is 6.07 Å². The summed E-state index contributed by atoms with van der Waals surface area (Å²) in [5, 5.41) is 4.94. The number of amides is 4. The van der Waals surface area contributed by atoms with Crippen LogP contribution >= 0.6 is 0 Å². The van der Waals surface area contributed by atoms with E-state index in [1.165, 1.54) is 6.07 Å². The summed E-state index contributed by atoms with van der Waals surface area (Å²) in [6.07, 6.45) is 0.138. The highest BCUT2D eigenvalue weighted by molar-refractivity contribution is 6.25. The van der Waals surface area contributed by atoms with Crippen molar-refractivity contribution in [3.05, 3.63) is 29.3 Å². The second-order valence-electron chi connectivity index (χ2n) is 5.83. The van der Waals surface area contributed by atoms with Gasteiger partial charge in [-0.05, 0) is 25.5 Å². The topological polar surface area (TPSA) is 122 Å². The Hall–Kier alpha value is -3.23. The first-order valence-corrected chi connectivity index (χ1v) is 8.18. The van der Waals surface area contributed by atoms with Gasteiger partial charge in [0.1, 0.15) is 12.6 Å². The number of anilines is 1. The number of fused-ring (bicyclic) bond motifs is 1. The van der Waals surface area contributed by atoms with Crippen LogP contribution in [0.15, 0.2) is 18.2 Å². The SMILES string of the molecule is CCOC(=O)CNc1cccc2c1C(=O)N(C1CCC(=O)NC1=O)C2=O. The van der Waals surface area contributed by atoms with E-state index in [1.54, 1.807) is 19.1 Å². The third-order valence-corrected chi connectivity index (χ3v) is 4.20. The van der Waals surface area contributed by atoms with Gasteiger partial charge in [-0.3, -0.25) is 34.2 Å². The van der Waals surface area contributed by atoms with Crippen LogP contribution in [0.4, 0.5) is 5.69 Å². The first-order chi connectivity index (χ1) is 12.4. The standard InChI is InChI=1S/C17H17N3O6/c1-2-26-13(22)8-18-10-5-3-4-9-14(10)17(25)20(16(9)24)11-6-7-12(21)19-15(11)23/h3-5,11,18H,2,6-8H2,1H3,(H,19,21,23). The van der Waals surface area contributed by atoms with Gasteiger partial charge in [0.2, 0.25) is 11.8 Å². The van der Waals surface area contributed by atoms with E-state index in [1.807, 2.05) is 0 Å². The van der Waals surface area contributed by atoms with Crippen molar-refractivity contribution in [3.63, 3.8) is 0 Å². The van der Waals surface area contributed by atoms with Gasteiger partial charge in [-0.15, -0.1) is 0 Å². The molecule has 9 nitrogen and oxygen atoms in total. The molecule has 2 heterocycles. The summed E-state index contributed by atoms with van der Waals surface area (Å²) in [5.41, 5.74) is 0.559. The monoisotopic (exact) mass is 359 g/mol. The maximum Gasteiger partial charge on any atom is 0.325 e. The second kappa shape index (κ2) is 6.95. The van der Waals surface area contributed by atoms with Crippen LogP contribution in [0.5, 0.6) is 0 Å². The molecule has 2 aliphatic rings. The van der Waals surface area contributed by atoms with Crippen molar-refractivity contribution in [3.8, 4) is 0 Å². The van der Waals surface area contributed by atoms with E-state index in [2.05, 4.69) is 10.6 Å². The van der Waals surface area contributed by atoms with Crippen LogP contribution < -0.4 is 10.6 Å². The summed E-state index contributed by atoms with van der Waals surface area (Å²) in [7, 11) is 0. The van der Waals surface area contributed by atoms with Gasteiger partial charge in [-0.2, -0.15) is 0 Å². The fraction of sp³-hybridized carbons (Fsp3) is 0.353. The number of rotatable bonds is 5. The zero-order chi connectivity index (χ0) is 18.8. The number of carbonyl (C=O) groups excluding carboxylic acids is 5. The van der Waals surface area contributed by atoms with E-state index in [9.17, 15) is 24.0 Å². The Morgan fingerprint density at radius 2 is 2.04 bits per heavy atom. The van der Waals surface area contributed by atoms with Crippen molar-refractivity contribution in [1.29, 1.82) is 0 Å². The Morgan fingerprint density at radius 1 is 1.27 bits per heavy atom. The lowest BCUT2D eigenvalue weighted by Gasteiger charge is -2.27. The largest absolute Gasteiger partial charge is 0.465 e. The number of benzene rings is 1. The molecule has 1 saturated heterocycles. The van der Waals surface area contributed by atoms with Crippen LogP contribution in [-0.2, 0) is 19.1 Å². The van der Waals surface area contributed by atoms with Crippen molar-refractivity contribution in [2.45, 2.75) is 25.8 Å². The molecule has 1 fully saturated rings. The van der Waals surface area contributed by atoms with Crippen LogP contribution in [0.25, 0.3) is 0 Å². The fourth-order valence-electron chi connectivity index (χ4n) is 3.04. The summed E-state index contributed by atoms with van der Waals surface area (Å²) < 4.78 is 4.82. The van der Waals surface area contributed by atoms with E-state index < -0.39 is 35.6 Å². The number of hydrogen-bond acceptors (Lipinski definition) is 7. The molecule has 9 heteroatoms. The van der Waals surface area contributed by atoms with Crippen LogP contribution in [0, 0.1) is 0 Å². The third kappa shape index (κ3) is 3.03. The number of nitrogens with zero attached hydrogens (tertiary/aromatic N) is 1. The molecule has 2 aliphatic heterocycles. The molecule has 1 atom stereocenters. The molecule has 0 bridgehead atoms. The van der Waals surface area contributed by atoms with E-state index in [0.29, 0.717) is 5.69 Å². The highest BCUT2D eigenvalue weighted by Gasteiger charge is 2.45. The van der Waals surface area contributed by atoms with Gasteiger partial charge in [0.15, 0.2) is 0 Å². The lowest BCUT2D eigenvalue weighted by atomic mass is 10.0. The predicted molar refractivity (Wildman–Crippen MR) is 88.2 cm³/mol. The van der Waals surface area contributed by atoms with Gasteiger partial charge in [-0.25, -0.2) is 0 Å². The molecule has 4 amide bonds. The Labute approximate surface area is 148 Å². The van der Waals surface area contributed by atoms with Crippen LogP contribution in [0.2, 0.25) is 0 Å². The van der Waals surface area contributed by atoms with Crippen molar-refractivity contribution < 1.29 is 28.7 Å². The lowest BCUT2D eigenvalue weighted by molar-refractivity contribution is -0.141. The van der Waals surface area contributed by atoms with Gasteiger partial charge in [0, 0.05) is 12.1 Å². The lowest BCUT2D eigenvalue weighted by Crippen LogP contribution is -2.54. The normalized spacial score (nSPS) is 19.3. The fourth-order valence-corrected chi connectivity index (χ4v) is 3.04. The number of esters is 1. The highest BCUT2D eigenvalue weighted by atomic mass is 16.5. The molecule has 0 aromatic heterocycles. The average Bonchev–Trinajstić information content (AvgIpc) is 2.85. The van der Waals surface area contributed by atoms with Gasteiger partial charge in [0.05, 0.1) is 17.7 Å². The summed E-state index contributed by atoms with van der Waals surface area (Å²) in [6.45, 7) is 1.75. The molecule has 26 heavy (non-hydrogen) atoms. The van der Waals surface area contributed by atoms with Crippen molar-refractivity contribution in [1.82, 2.24) is 10.2 Å². The summed E-state index contributed by atoms with van der Waals surface area (Å²) in [5.74, 6) is -2.83. The van der Waals surface area contributed by atoms with Crippen molar-refractivity contribution in [2.24, 2.45) is 0 Å². The van der Waals surface area contributed by atoms with E-state index in [0.717, 1.165) is 4.90 Å². The summed E-state index contributed by atoms with van der Waals surface area (Å²) in [6, 6.07) is 3.60. The minimum Gasteiger partial charge on any atom is -0.465 e. The summed E-state index contributed by atoms with van der Waals surface area (Å²) in [4.78, 5) is 61.2. The van der Waals surface area contributed by atoms with E-state index in [4.69, 9.17) is 4.74 Å². The molecule has 0 radical (unpaired) electrons. The number of ether oxygens (including phenoxy) is 1. The summed E-state index contributed by atoms with van der Waals surface area (Å²) >= 11 is 0. The first-order valence-electron chi connectivity index (χ1n) is 8.18. The third-order valence-electron chi connectivity index (χ3n) is 4.20. The molecule has 1 aromatic carbocycles. The second-order valence-corrected chi connectivity index (χ2v) is 5.83. The Bertz CT molecular complexity index is 819. The smallest absolute Gasteiger partial charge is 0.325 e. The number of imide groups is 2. The Kier molecular flexibility index (Phi) is 4.70. The molecule has 1 aromatic rings. The molecular formula is C17H17N3O6. The number of carbonyl (C=O) groups is 5. The molecular weight excluding hydrogens is 342 g/mol. The van der Waals surface area contributed by atoms with Crippen LogP contribution in [-0.4, -0.2) is 53.7 Å². The number of hydrogen-bond donors (Lipinski definition) is 2. The average molecular weight is 359 g/mol. The van der Waals surface area contributed by atoms with E-state index >= 15 is 0 Å². The molecule has 0 spiro atoms. The van der Waals surface area contributed by atoms with Gasteiger partial charge >= 0.3 is 5.97 Å². The molecule has 136 valence electrons. The zero-order valence-corrected chi connectivity index (χ0v) is 14.0. The predicted octanol–water partition coefficient (Wildman–Crippen LogP) is 0.0628. The molecule has 3 rings (SSSR count). The van der Waals surface area contributed by atoms with E-state index in [-0.39, 0.29) is 37.1 Å². The number of nitrogens with one attached hydrogen (secondary N) is 2. The molecule has 0 saturated carbocycles. The van der Waals surface area contributed by atoms with Gasteiger partial charge in [0.25, 0.3) is 11.8 Å². The number of piperidine rings is 1. The Morgan fingerprint density at radius 3 is 2.73 bits per heavy atom. The minimum atomic E-state index is -1.03. The maximum absolute atomic E-state index is 12.8. The Balaban J connectivity index is 1.86. The van der Waals surface area contributed by atoms with Crippen LogP contribution in [0.1, 0.15) is 40.5 Å². The van der Waals surface area contributed by atoms with Crippen molar-refractivity contribution >= 4 is 35.3 Å². The van der Waals surface area contributed by atoms with Crippen LogP contribution in [0.3, 0.4) is 0 Å². The highest BCUT2D eigenvalue weighted by Crippen LogP contribution is 2.32. The quantitative estimate of drug-likeness (QED) is 0.563. The zero-order valence-electron chi connectivity index (χ0n) is 14.0. The molecule has 1 unspecified atom stereocenters. The minimum absolute atomic E-state index is 0.0534.